The number of aromatic nitrogens is 2. The molecule has 30 heavy (non-hydrogen) atoms. The predicted octanol–water partition coefficient (Wildman–Crippen LogP) is 3.48. The highest BCUT2D eigenvalue weighted by Crippen LogP contribution is 2.35. The molecule has 9 heteroatoms. The zero-order chi connectivity index (χ0) is 21.3. The molecular formula is C21H21N3O4S2. The third kappa shape index (κ3) is 3.87. The zero-order valence-electron chi connectivity index (χ0n) is 16.7. The highest BCUT2D eigenvalue weighted by molar-refractivity contribution is 7.99. The second-order valence-electron chi connectivity index (χ2n) is 6.89. The van der Waals surface area contributed by atoms with Crippen LogP contribution in [0.25, 0.3) is 10.2 Å². The molecule has 0 atom stereocenters. The maximum Gasteiger partial charge on any atom is 0.337 e. The van der Waals surface area contributed by atoms with Crippen molar-refractivity contribution >= 4 is 50.9 Å². The number of methoxy groups -OCH3 is 1. The Hall–Kier alpha value is -2.65. The lowest BCUT2D eigenvalue weighted by Crippen LogP contribution is -2.23. The van der Waals surface area contributed by atoms with Crippen LogP contribution in [0.2, 0.25) is 0 Å². The Bertz CT molecular complexity index is 1180. The number of aryl methyl sites for hydroxylation is 2. The van der Waals surface area contributed by atoms with Gasteiger partial charge in [-0.25, -0.2) is 9.78 Å². The Balaban J connectivity index is 1.48. The summed E-state index contributed by atoms with van der Waals surface area (Å²) >= 11 is 2.85. The van der Waals surface area contributed by atoms with Gasteiger partial charge in [0.25, 0.3) is 5.56 Å². The maximum atomic E-state index is 13.0. The number of thiophene rings is 1. The number of hydrogen-bond donors (Lipinski definition) is 1. The lowest BCUT2D eigenvalue weighted by Gasteiger charge is -2.10. The van der Waals surface area contributed by atoms with Crippen LogP contribution in [-0.4, -0.2) is 34.3 Å². The fourth-order valence-corrected chi connectivity index (χ4v) is 5.75. The topological polar surface area (TPSA) is 90.3 Å². The Morgan fingerprint density at radius 3 is 2.73 bits per heavy atom. The number of hydrogen-bond acceptors (Lipinski definition) is 7. The number of amides is 1. The molecule has 0 saturated heterocycles. The van der Waals surface area contributed by atoms with Crippen LogP contribution < -0.4 is 10.9 Å². The Morgan fingerprint density at radius 2 is 2.03 bits per heavy atom. The minimum Gasteiger partial charge on any atom is -0.465 e. The summed E-state index contributed by atoms with van der Waals surface area (Å²) in [4.78, 5) is 43.6. The van der Waals surface area contributed by atoms with Crippen molar-refractivity contribution < 1.29 is 14.3 Å². The summed E-state index contributed by atoms with van der Waals surface area (Å²) in [6, 6.07) is 6.48. The first-order chi connectivity index (χ1) is 14.5. The molecule has 1 amide bonds. The van der Waals surface area contributed by atoms with E-state index in [2.05, 4.69) is 10.1 Å². The molecule has 4 rings (SSSR count). The van der Waals surface area contributed by atoms with E-state index in [0.29, 0.717) is 23.0 Å². The van der Waals surface area contributed by atoms with Gasteiger partial charge in [0, 0.05) is 17.1 Å². The van der Waals surface area contributed by atoms with Gasteiger partial charge in [0.2, 0.25) is 5.91 Å². The van der Waals surface area contributed by atoms with Crippen LogP contribution in [-0.2, 0) is 28.9 Å². The van der Waals surface area contributed by atoms with Gasteiger partial charge in [-0.2, -0.15) is 0 Å². The van der Waals surface area contributed by atoms with Crippen LogP contribution in [0.1, 0.15) is 34.1 Å². The number of nitrogens with one attached hydrogen (secondary N) is 1. The second kappa shape index (κ2) is 8.61. The van der Waals surface area contributed by atoms with Crippen LogP contribution in [0.3, 0.4) is 0 Å². The van der Waals surface area contributed by atoms with Crippen molar-refractivity contribution in [1.29, 1.82) is 0 Å². The molecule has 0 spiro atoms. The maximum absolute atomic E-state index is 13.0. The number of fused-ring (bicyclic) bond motifs is 3. The second-order valence-corrected chi connectivity index (χ2v) is 8.91. The summed E-state index contributed by atoms with van der Waals surface area (Å²) in [6.45, 7) is 2.42. The third-order valence-corrected chi connectivity index (χ3v) is 7.19. The van der Waals surface area contributed by atoms with E-state index in [0.717, 1.165) is 29.5 Å². The van der Waals surface area contributed by atoms with Gasteiger partial charge >= 0.3 is 5.97 Å². The molecule has 2 aromatic heterocycles. The minimum atomic E-state index is -0.429. The van der Waals surface area contributed by atoms with E-state index in [1.54, 1.807) is 40.2 Å². The first-order valence-corrected chi connectivity index (χ1v) is 11.5. The average molecular weight is 444 g/mol. The zero-order valence-corrected chi connectivity index (χ0v) is 18.3. The fourth-order valence-electron chi connectivity index (χ4n) is 3.58. The summed E-state index contributed by atoms with van der Waals surface area (Å²) in [6.07, 6.45) is 3.06. The molecule has 0 radical (unpaired) electrons. The normalized spacial score (nSPS) is 12.7. The minimum absolute atomic E-state index is 0.0109. The largest absolute Gasteiger partial charge is 0.465 e. The van der Waals surface area contributed by atoms with Gasteiger partial charge in [-0.3, -0.25) is 14.2 Å². The number of esters is 1. The van der Waals surface area contributed by atoms with Crippen molar-refractivity contribution in [3.8, 4) is 0 Å². The average Bonchev–Trinajstić information content (AvgIpc) is 3.33. The summed E-state index contributed by atoms with van der Waals surface area (Å²) in [5.41, 5.74) is 2.15. The number of rotatable bonds is 6. The molecule has 0 fully saturated rings. The van der Waals surface area contributed by atoms with Crippen molar-refractivity contribution in [1.82, 2.24) is 9.55 Å². The van der Waals surface area contributed by atoms with Crippen molar-refractivity contribution in [3.05, 3.63) is 50.6 Å². The summed E-state index contributed by atoms with van der Waals surface area (Å²) in [5.74, 6) is -0.514. The van der Waals surface area contributed by atoms with Crippen molar-refractivity contribution in [3.63, 3.8) is 0 Å². The first kappa shape index (κ1) is 20.6. The van der Waals surface area contributed by atoms with Crippen LogP contribution in [0.5, 0.6) is 0 Å². The van der Waals surface area contributed by atoms with Crippen molar-refractivity contribution in [2.45, 2.75) is 37.9 Å². The molecule has 3 aromatic rings. The van der Waals surface area contributed by atoms with Gasteiger partial charge in [-0.05, 0) is 56.0 Å². The molecule has 0 aliphatic heterocycles. The highest BCUT2D eigenvalue weighted by atomic mass is 32.2. The number of carbonyl (C=O) groups is 2. The number of carbonyl (C=O) groups excluding carboxylic acids is 2. The standard InChI is InChI=1S/C21H21N3O4S2/c1-3-24-19(26)17-14-5-4-6-15(14)30-18(17)23-21(24)29-11-16(25)22-13-9-7-12(8-10-13)20(27)28-2/h7-10H,3-6,11H2,1-2H3,(H,22,25). The number of ether oxygens (including phenoxy) is 1. The number of nitrogens with zero attached hydrogens (tertiary/aromatic N) is 2. The Morgan fingerprint density at radius 1 is 1.27 bits per heavy atom. The molecule has 0 bridgehead atoms. The number of benzene rings is 1. The SMILES string of the molecule is CCn1c(SCC(=O)Nc2ccc(C(=O)OC)cc2)nc2sc3c(c2c1=O)CCC3. The molecule has 1 N–H and O–H groups in total. The molecule has 1 aliphatic rings. The molecule has 7 nitrogen and oxygen atoms in total. The van der Waals surface area contributed by atoms with E-state index in [4.69, 9.17) is 4.98 Å². The van der Waals surface area contributed by atoms with E-state index in [1.165, 1.54) is 29.3 Å². The van der Waals surface area contributed by atoms with E-state index in [1.807, 2.05) is 6.92 Å². The molecule has 0 unspecified atom stereocenters. The molecule has 156 valence electrons. The molecule has 1 aliphatic carbocycles. The lowest BCUT2D eigenvalue weighted by molar-refractivity contribution is -0.113. The number of anilines is 1. The van der Waals surface area contributed by atoms with E-state index in [-0.39, 0.29) is 17.2 Å². The van der Waals surface area contributed by atoms with Crippen LogP contribution in [0.4, 0.5) is 5.69 Å². The van der Waals surface area contributed by atoms with E-state index in [9.17, 15) is 14.4 Å². The van der Waals surface area contributed by atoms with Crippen LogP contribution in [0.15, 0.2) is 34.2 Å². The number of thioether (sulfide) groups is 1. The van der Waals surface area contributed by atoms with Crippen molar-refractivity contribution in [2.24, 2.45) is 0 Å². The third-order valence-electron chi connectivity index (χ3n) is 5.03. The molecule has 0 saturated carbocycles. The van der Waals surface area contributed by atoms with Crippen LogP contribution >= 0.6 is 23.1 Å². The molecular weight excluding hydrogens is 422 g/mol. The summed E-state index contributed by atoms with van der Waals surface area (Å²) < 4.78 is 6.31. The molecule has 1 aromatic carbocycles. The van der Waals surface area contributed by atoms with Gasteiger partial charge in [0.15, 0.2) is 5.16 Å². The first-order valence-electron chi connectivity index (χ1n) is 9.68. The smallest absolute Gasteiger partial charge is 0.337 e. The van der Waals surface area contributed by atoms with Crippen molar-refractivity contribution in [2.75, 3.05) is 18.2 Å². The van der Waals surface area contributed by atoms with E-state index >= 15 is 0 Å². The molecule has 2 heterocycles. The van der Waals surface area contributed by atoms with Gasteiger partial charge in [-0.1, -0.05) is 11.8 Å². The quantitative estimate of drug-likeness (QED) is 0.356. The van der Waals surface area contributed by atoms with Crippen LogP contribution in [0, 0.1) is 0 Å². The van der Waals surface area contributed by atoms with Gasteiger partial charge in [0.1, 0.15) is 4.83 Å². The van der Waals surface area contributed by atoms with Gasteiger partial charge in [-0.15, -0.1) is 11.3 Å². The predicted molar refractivity (Wildman–Crippen MR) is 119 cm³/mol. The fraction of sp³-hybridized carbons (Fsp3) is 0.333. The summed E-state index contributed by atoms with van der Waals surface area (Å²) in [5, 5.41) is 4.11. The Labute approximate surface area is 181 Å². The van der Waals surface area contributed by atoms with Gasteiger partial charge in [0.05, 0.1) is 23.8 Å². The Kier molecular flexibility index (Phi) is 5.92. The lowest BCUT2D eigenvalue weighted by atomic mass is 10.2. The van der Waals surface area contributed by atoms with Gasteiger partial charge < -0.3 is 10.1 Å². The van der Waals surface area contributed by atoms with E-state index < -0.39 is 5.97 Å². The highest BCUT2D eigenvalue weighted by Gasteiger charge is 2.23. The summed E-state index contributed by atoms with van der Waals surface area (Å²) in [7, 11) is 1.32. The monoisotopic (exact) mass is 443 g/mol.